The zero-order chi connectivity index (χ0) is 20.8. The first kappa shape index (κ1) is 19.9. The number of aryl methyl sites for hydroxylation is 1. The number of hydrogen-bond donors (Lipinski definition) is 2. The summed E-state index contributed by atoms with van der Waals surface area (Å²) in [6, 6.07) is 4.69. The molecule has 3 N–H and O–H groups in total. The summed E-state index contributed by atoms with van der Waals surface area (Å²) in [4.78, 5) is 0. The molecule has 156 valence electrons. The average Bonchev–Trinajstić information content (AvgIpc) is 3.03. The Hall–Kier alpha value is -2.37. The van der Waals surface area contributed by atoms with Crippen molar-refractivity contribution in [2.24, 2.45) is 21.6 Å². The molecule has 0 unspecified atom stereocenters. The molecule has 2 fully saturated rings. The number of nitrogens with zero attached hydrogens (tertiary/aromatic N) is 4. The van der Waals surface area contributed by atoms with Crippen LogP contribution in [0, 0.1) is 24.1 Å². The highest BCUT2D eigenvalue weighted by Gasteiger charge is 2.54. The lowest BCUT2D eigenvalue weighted by atomic mass is 9.57. The first-order chi connectivity index (χ1) is 13.7. The van der Waals surface area contributed by atoms with E-state index in [2.05, 4.69) is 15.5 Å². The molecule has 0 radical (unpaired) electrons. The molecule has 0 atom stereocenters. The molecule has 1 saturated heterocycles. The third-order valence-corrected chi connectivity index (χ3v) is 6.83. The van der Waals surface area contributed by atoms with E-state index in [1.54, 1.807) is 19.1 Å². The Morgan fingerprint density at radius 1 is 1.41 bits per heavy atom. The molecule has 4 rings (SSSR count). The molecule has 0 bridgehead atoms. The SMILES string of the molecule is Cc1cc(CC(=NO)c2nonc2CC2CC3(C2)CN(S(N)(=O)=O)C3)ccc1F. The molecule has 11 heteroatoms. The van der Waals surface area contributed by atoms with E-state index < -0.39 is 10.2 Å². The Bertz CT molecular complexity index is 1050. The average molecular weight is 423 g/mol. The van der Waals surface area contributed by atoms with Crippen molar-refractivity contribution in [2.45, 2.75) is 32.6 Å². The Balaban J connectivity index is 1.39. The first-order valence-electron chi connectivity index (χ1n) is 9.25. The number of oxime groups is 1. The summed E-state index contributed by atoms with van der Waals surface area (Å²) < 4.78 is 42.3. The molecular weight excluding hydrogens is 401 g/mol. The molecule has 1 aromatic carbocycles. The van der Waals surface area contributed by atoms with Gasteiger partial charge in [-0.2, -0.15) is 12.7 Å². The van der Waals surface area contributed by atoms with E-state index in [0.717, 1.165) is 18.4 Å². The Labute approximate surface area is 167 Å². The lowest BCUT2D eigenvalue weighted by molar-refractivity contribution is -0.0526. The van der Waals surface area contributed by atoms with Crippen LogP contribution in [0.2, 0.25) is 0 Å². The highest BCUT2D eigenvalue weighted by Crippen LogP contribution is 2.53. The predicted molar refractivity (Wildman–Crippen MR) is 101 cm³/mol. The summed E-state index contributed by atoms with van der Waals surface area (Å²) in [5, 5.41) is 25.8. The fourth-order valence-corrected chi connectivity index (χ4v) is 5.37. The van der Waals surface area contributed by atoms with Crippen molar-refractivity contribution in [3.63, 3.8) is 0 Å². The second kappa shape index (κ2) is 7.15. The summed E-state index contributed by atoms with van der Waals surface area (Å²) in [5.74, 6) is 0.0206. The van der Waals surface area contributed by atoms with Crippen LogP contribution in [0.3, 0.4) is 0 Å². The van der Waals surface area contributed by atoms with Gasteiger partial charge in [0.1, 0.15) is 17.2 Å². The molecule has 1 aliphatic heterocycles. The van der Waals surface area contributed by atoms with E-state index in [-0.39, 0.29) is 17.7 Å². The maximum absolute atomic E-state index is 13.5. The van der Waals surface area contributed by atoms with Crippen LogP contribution >= 0.6 is 0 Å². The van der Waals surface area contributed by atoms with Gasteiger partial charge >= 0.3 is 0 Å². The molecule has 9 nitrogen and oxygen atoms in total. The predicted octanol–water partition coefficient (Wildman–Crippen LogP) is 1.40. The summed E-state index contributed by atoms with van der Waals surface area (Å²) in [6.45, 7) is 2.58. The van der Waals surface area contributed by atoms with E-state index in [4.69, 9.17) is 9.77 Å². The van der Waals surface area contributed by atoms with Gasteiger partial charge in [-0.05, 0) is 59.9 Å². The van der Waals surface area contributed by atoms with E-state index in [1.165, 1.54) is 10.4 Å². The van der Waals surface area contributed by atoms with Gasteiger partial charge in [0, 0.05) is 19.5 Å². The summed E-state index contributed by atoms with van der Waals surface area (Å²) in [6.07, 6.45) is 2.59. The molecule has 1 aliphatic carbocycles. The zero-order valence-electron chi connectivity index (χ0n) is 15.9. The summed E-state index contributed by atoms with van der Waals surface area (Å²) in [7, 11) is -3.61. The summed E-state index contributed by atoms with van der Waals surface area (Å²) in [5.41, 5.74) is 2.58. The summed E-state index contributed by atoms with van der Waals surface area (Å²) >= 11 is 0. The Morgan fingerprint density at radius 3 is 2.76 bits per heavy atom. The second-order valence-electron chi connectivity index (χ2n) is 8.16. The highest BCUT2D eigenvalue weighted by molar-refractivity contribution is 7.86. The van der Waals surface area contributed by atoms with Crippen LogP contribution in [-0.2, 0) is 23.1 Å². The number of rotatable bonds is 6. The number of halogens is 1. The van der Waals surface area contributed by atoms with Gasteiger partial charge in [0.2, 0.25) is 0 Å². The van der Waals surface area contributed by atoms with Crippen LogP contribution in [0.15, 0.2) is 28.0 Å². The Kier molecular flexibility index (Phi) is 4.91. The van der Waals surface area contributed by atoms with Gasteiger partial charge < -0.3 is 5.21 Å². The largest absolute Gasteiger partial charge is 0.411 e. The molecule has 2 heterocycles. The molecular formula is C18H22FN5O4S. The molecule has 29 heavy (non-hydrogen) atoms. The fraction of sp³-hybridized carbons (Fsp3) is 0.500. The normalized spacial score (nSPS) is 19.9. The van der Waals surface area contributed by atoms with Crippen LogP contribution in [0.5, 0.6) is 0 Å². The molecule has 1 saturated carbocycles. The second-order valence-corrected chi connectivity index (χ2v) is 9.70. The highest BCUT2D eigenvalue weighted by atomic mass is 32.2. The molecule has 2 aromatic rings. The number of aromatic nitrogens is 2. The van der Waals surface area contributed by atoms with E-state index in [9.17, 15) is 18.0 Å². The van der Waals surface area contributed by atoms with E-state index in [1.807, 2.05) is 0 Å². The van der Waals surface area contributed by atoms with Crippen LogP contribution < -0.4 is 5.14 Å². The Morgan fingerprint density at radius 2 is 2.14 bits per heavy atom. The van der Waals surface area contributed by atoms with Gasteiger partial charge in [0.25, 0.3) is 10.2 Å². The van der Waals surface area contributed by atoms with Gasteiger partial charge in [-0.1, -0.05) is 22.4 Å². The van der Waals surface area contributed by atoms with Crippen molar-refractivity contribution >= 4 is 15.9 Å². The third kappa shape index (κ3) is 3.89. The topological polar surface area (TPSA) is 135 Å². The molecule has 0 amide bonds. The molecule has 1 spiro atoms. The van der Waals surface area contributed by atoms with Crippen molar-refractivity contribution in [3.05, 3.63) is 46.5 Å². The minimum absolute atomic E-state index is 0.00791. The zero-order valence-corrected chi connectivity index (χ0v) is 16.7. The standard InChI is InChI=1S/C18H22FN5O4S/c1-11-4-12(2-3-14(11)19)5-15(21-25)17-16(22-28-23-17)6-13-7-18(8-13)9-24(10-18)29(20,26)27/h2-4,13,25H,5-10H2,1H3,(H2,20,26,27). The van der Waals surface area contributed by atoms with Gasteiger partial charge in [-0.3, -0.25) is 0 Å². The maximum Gasteiger partial charge on any atom is 0.276 e. The maximum atomic E-state index is 13.5. The fourth-order valence-electron chi connectivity index (χ4n) is 4.46. The van der Waals surface area contributed by atoms with Crippen molar-refractivity contribution in [1.82, 2.24) is 14.6 Å². The van der Waals surface area contributed by atoms with Crippen molar-refractivity contribution in [2.75, 3.05) is 13.1 Å². The van der Waals surface area contributed by atoms with Gasteiger partial charge in [-0.15, -0.1) is 0 Å². The van der Waals surface area contributed by atoms with Crippen LogP contribution in [0.1, 0.15) is 35.4 Å². The van der Waals surface area contributed by atoms with Gasteiger partial charge in [0.05, 0.1) is 0 Å². The van der Waals surface area contributed by atoms with Crippen molar-refractivity contribution in [1.29, 1.82) is 0 Å². The quantitative estimate of drug-likeness (QED) is 0.410. The number of hydrogen-bond acceptors (Lipinski definition) is 7. The smallest absolute Gasteiger partial charge is 0.276 e. The van der Waals surface area contributed by atoms with Gasteiger partial charge in [-0.25, -0.2) is 14.2 Å². The first-order valence-corrected chi connectivity index (χ1v) is 10.7. The van der Waals surface area contributed by atoms with E-state index >= 15 is 0 Å². The van der Waals surface area contributed by atoms with Crippen LogP contribution in [-0.4, -0.2) is 47.0 Å². The van der Waals surface area contributed by atoms with E-state index in [0.29, 0.717) is 48.1 Å². The molecule has 2 aliphatic rings. The van der Waals surface area contributed by atoms with Crippen molar-refractivity contribution in [3.8, 4) is 0 Å². The lowest BCUT2D eigenvalue weighted by Gasteiger charge is -2.58. The van der Waals surface area contributed by atoms with Crippen LogP contribution in [0.4, 0.5) is 4.39 Å². The van der Waals surface area contributed by atoms with Crippen molar-refractivity contribution < 1.29 is 22.6 Å². The van der Waals surface area contributed by atoms with Gasteiger partial charge in [0.15, 0.2) is 5.69 Å². The third-order valence-electron chi connectivity index (χ3n) is 5.85. The molecule has 1 aromatic heterocycles. The number of nitrogens with two attached hydrogens (primary N) is 1. The lowest BCUT2D eigenvalue weighted by Crippen LogP contribution is -2.64. The number of benzene rings is 1. The minimum Gasteiger partial charge on any atom is -0.411 e. The van der Waals surface area contributed by atoms with Crippen LogP contribution in [0.25, 0.3) is 0 Å². The monoisotopic (exact) mass is 423 g/mol. The minimum atomic E-state index is -3.61.